The zero-order valence-electron chi connectivity index (χ0n) is 17.0. The zero-order valence-corrected chi connectivity index (χ0v) is 17.8. The number of rotatable bonds is 6. The monoisotopic (exact) mass is 435 g/mol. The second kappa shape index (κ2) is 8.35. The topological polar surface area (TPSA) is 96.4 Å². The molecule has 1 saturated carbocycles. The van der Waals surface area contributed by atoms with Gasteiger partial charge in [-0.25, -0.2) is 14.9 Å². The van der Waals surface area contributed by atoms with E-state index in [1.54, 1.807) is 4.57 Å². The summed E-state index contributed by atoms with van der Waals surface area (Å²) in [5, 5.41) is 6.88. The molecule has 1 aliphatic carbocycles. The van der Waals surface area contributed by atoms with Crippen LogP contribution in [-0.2, 0) is 0 Å². The van der Waals surface area contributed by atoms with E-state index < -0.39 is 0 Å². The molecular weight excluding hydrogens is 414 g/mol. The molecule has 2 heterocycles. The Morgan fingerprint density at radius 2 is 1.84 bits per heavy atom. The van der Waals surface area contributed by atoms with E-state index in [9.17, 15) is 9.59 Å². The first kappa shape index (κ1) is 20.8. The molecule has 1 aliphatic rings. The maximum Gasteiger partial charge on any atom is 0.343 e. The molecule has 0 bridgehead atoms. The fourth-order valence-electron chi connectivity index (χ4n) is 3.67. The van der Waals surface area contributed by atoms with Gasteiger partial charge in [0, 0.05) is 29.2 Å². The van der Waals surface area contributed by atoms with Crippen LogP contribution in [0.3, 0.4) is 0 Å². The van der Waals surface area contributed by atoms with E-state index >= 15 is 0 Å². The van der Waals surface area contributed by atoms with E-state index in [1.165, 1.54) is 0 Å². The van der Waals surface area contributed by atoms with Gasteiger partial charge in [-0.3, -0.25) is 9.36 Å². The van der Waals surface area contributed by atoms with Crippen molar-refractivity contribution in [1.82, 2.24) is 24.7 Å². The second-order valence-corrected chi connectivity index (χ2v) is 7.49. The molecule has 4 aromatic rings. The molecule has 7 nitrogen and oxygen atoms in total. The van der Waals surface area contributed by atoms with Crippen LogP contribution in [0.15, 0.2) is 59.4 Å². The molecule has 1 fully saturated rings. The van der Waals surface area contributed by atoms with Crippen molar-refractivity contribution in [3.05, 3.63) is 70.6 Å². The first-order valence-corrected chi connectivity index (χ1v) is 10.1. The highest BCUT2D eigenvalue weighted by atomic mass is 35.5. The van der Waals surface area contributed by atoms with Crippen molar-refractivity contribution in [1.29, 1.82) is 0 Å². The van der Waals surface area contributed by atoms with E-state index in [4.69, 9.17) is 4.98 Å². The van der Waals surface area contributed by atoms with Crippen LogP contribution in [-0.4, -0.2) is 30.5 Å². The fraction of sp³-hybridized carbons (Fsp3) is 0.217. The Labute approximate surface area is 185 Å². The third-order valence-electron chi connectivity index (χ3n) is 5.37. The van der Waals surface area contributed by atoms with Crippen LogP contribution in [0.4, 0.5) is 0 Å². The van der Waals surface area contributed by atoms with Crippen LogP contribution in [0.5, 0.6) is 0 Å². The quantitative estimate of drug-likeness (QED) is 0.431. The number of carbonyl (C=O) groups excluding carboxylic acids is 1. The summed E-state index contributed by atoms with van der Waals surface area (Å²) in [5.74, 6) is 1.30. The minimum absolute atomic E-state index is 0. The average molecular weight is 436 g/mol. The van der Waals surface area contributed by atoms with E-state index in [0.29, 0.717) is 35.0 Å². The third kappa shape index (κ3) is 3.84. The van der Waals surface area contributed by atoms with Gasteiger partial charge in [0.1, 0.15) is 17.2 Å². The Bertz CT molecular complexity index is 1280. The normalized spacial score (nSPS) is 13.1. The molecule has 8 heteroatoms. The number of aromatic amines is 2. The van der Waals surface area contributed by atoms with Crippen LogP contribution in [0.25, 0.3) is 34.2 Å². The first-order valence-electron chi connectivity index (χ1n) is 10.1. The molecule has 0 radical (unpaired) electrons. The molecule has 2 aromatic carbocycles. The van der Waals surface area contributed by atoms with Gasteiger partial charge in [0.15, 0.2) is 11.6 Å². The number of hydrogen-bond acceptors (Lipinski definition) is 4. The Balaban J connectivity index is 0.00000231. The van der Waals surface area contributed by atoms with Gasteiger partial charge < -0.3 is 4.98 Å². The molecule has 0 unspecified atom stereocenters. The molecule has 2 N–H and O–H groups in total. The standard InChI is InChI=1S/C23H21N5O2.ClH/c1-2-18(29)15-9-6-10-16(13-15)19-20(22-26-27-23(30)28(22)17-11-12-17)25-21(24-19)14-7-4-3-5-8-14;/h3-10,13,17H,2,11-12H2,1H3,(H,24,25)(H,27,30);1H. The Morgan fingerprint density at radius 3 is 2.55 bits per heavy atom. The lowest BCUT2D eigenvalue weighted by Crippen LogP contribution is -2.16. The number of halogens is 1. The van der Waals surface area contributed by atoms with Crippen molar-refractivity contribution in [2.45, 2.75) is 32.2 Å². The van der Waals surface area contributed by atoms with Gasteiger partial charge in [0.05, 0.1) is 0 Å². The van der Waals surface area contributed by atoms with Gasteiger partial charge in [0.2, 0.25) is 0 Å². The molecule has 31 heavy (non-hydrogen) atoms. The number of hydrogen-bond donors (Lipinski definition) is 2. The predicted molar refractivity (Wildman–Crippen MR) is 121 cm³/mol. The summed E-state index contributed by atoms with van der Waals surface area (Å²) in [5.41, 5.74) is 3.50. The minimum atomic E-state index is -0.218. The molecule has 0 spiro atoms. The number of carbonyl (C=O) groups is 1. The zero-order chi connectivity index (χ0) is 20.7. The molecule has 2 aromatic heterocycles. The fourth-order valence-corrected chi connectivity index (χ4v) is 3.67. The maximum atomic E-state index is 12.4. The van der Waals surface area contributed by atoms with Gasteiger partial charge in [-0.1, -0.05) is 55.5 Å². The second-order valence-electron chi connectivity index (χ2n) is 7.49. The maximum absolute atomic E-state index is 12.4. The van der Waals surface area contributed by atoms with E-state index in [-0.39, 0.29) is 29.9 Å². The Kier molecular flexibility index (Phi) is 5.61. The number of Topliss-reactive ketones (excluding diaryl/α,β-unsaturated/α-hetero) is 1. The van der Waals surface area contributed by atoms with Gasteiger partial charge >= 0.3 is 5.69 Å². The molecular formula is C23H22ClN5O2. The number of ketones is 1. The number of imidazole rings is 1. The Morgan fingerprint density at radius 1 is 1.10 bits per heavy atom. The molecule has 5 rings (SSSR count). The van der Waals surface area contributed by atoms with E-state index in [0.717, 1.165) is 24.0 Å². The summed E-state index contributed by atoms with van der Waals surface area (Å²) in [7, 11) is 0. The third-order valence-corrected chi connectivity index (χ3v) is 5.37. The highest BCUT2D eigenvalue weighted by Crippen LogP contribution is 2.38. The van der Waals surface area contributed by atoms with Gasteiger partial charge in [-0.2, -0.15) is 5.10 Å². The predicted octanol–water partition coefficient (Wildman–Crippen LogP) is 4.64. The summed E-state index contributed by atoms with van der Waals surface area (Å²) in [6, 6.07) is 17.4. The van der Waals surface area contributed by atoms with Crippen molar-refractivity contribution in [2.24, 2.45) is 0 Å². The SMILES string of the molecule is CCC(=O)c1cccc(-c2nc(-c3ccccc3)[nH]c2-c2n[nH]c(=O)n2C2CC2)c1.Cl. The highest BCUT2D eigenvalue weighted by Gasteiger charge is 2.31. The lowest BCUT2D eigenvalue weighted by molar-refractivity contribution is 0.0988. The van der Waals surface area contributed by atoms with Gasteiger partial charge in [-0.15, -0.1) is 12.4 Å². The van der Waals surface area contributed by atoms with Crippen LogP contribution >= 0.6 is 12.4 Å². The lowest BCUT2D eigenvalue weighted by atomic mass is 10.0. The van der Waals surface area contributed by atoms with Crippen LogP contribution < -0.4 is 5.69 Å². The van der Waals surface area contributed by atoms with Crippen LogP contribution in [0, 0.1) is 0 Å². The summed E-state index contributed by atoms with van der Waals surface area (Å²) < 4.78 is 1.70. The molecule has 0 atom stereocenters. The number of nitrogens with one attached hydrogen (secondary N) is 2. The molecule has 158 valence electrons. The van der Waals surface area contributed by atoms with Crippen molar-refractivity contribution >= 4 is 18.2 Å². The van der Waals surface area contributed by atoms with Crippen molar-refractivity contribution in [2.75, 3.05) is 0 Å². The van der Waals surface area contributed by atoms with Gasteiger partial charge in [0.25, 0.3) is 0 Å². The summed E-state index contributed by atoms with van der Waals surface area (Å²) in [4.78, 5) is 32.8. The molecule has 0 aliphatic heterocycles. The van der Waals surface area contributed by atoms with Crippen molar-refractivity contribution in [3.8, 4) is 34.2 Å². The lowest BCUT2D eigenvalue weighted by Gasteiger charge is -2.06. The van der Waals surface area contributed by atoms with Crippen molar-refractivity contribution in [3.63, 3.8) is 0 Å². The summed E-state index contributed by atoms with van der Waals surface area (Å²) in [6.45, 7) is 1.85. The molecule has 0 saturated heterocycles. The Hall–Kier alpha value is -3.45. The summed E-state index contributed by atoms with van der Waals surface area (Å²) >= 11 is 0. The highest BCUT2D eigenvalue weighted by molar-refractivity contribution is 5.97. The van der Waals surface area contributed by atoms with Crippen LogP contribution in [0.2, 0.25) is 0 Å². The van der Waals surface area contributed by atoms with E-state index in [1.807, 2.05) is 61.5 Å². The van der Waals surface area contributed by atoms with Crippen LogP contribution in [0.1, 0.15) is 42.6 Å². The largest absolute Gasteiger partial charge is 0.343 e. The average Bonchev–Trinajstić information content (AvgIpc) is 3.41. The smallest absolute Gasteiger partial charge is 0.335 e. The number of nitrogens with zero attached hydrogens (tertiary/aromatic N) is 3. The van der Waals surface area contributed by atoms with E-state index in [2.05, 4.69) is 15.2 Å². The summed E-state index contributed by atoms with van der Waals surface area (Å²) in [6.07, 6.45) is 2.36. The molecule has 0 amide bonds. The van der Waals surface area contributed by atoms with Crippen molar-refractivity contribution < 1.29 is 4.79 Å². The van der Waals surface area contributed by atoms with Gasteiger partial charge in [-0.05, 0) is 18.9 Å². The number of aromatic nitrogens is 5. The first-order chi connectivity index (χ1) is 14.7. The minimum Gasteiger partial charge on any atom is -0.335 e. The number of benzene rings is 2. The number of H-pyrrole nitrogens is 2.